The Morgan fingerprint density at radius 1 is 1.07 bits per heavy atom. The second kappa shape index (κ2) is 8.30. The second-order valence-corrected chi connectivity index (χ2v) is 6.48. The van der Waals surface area contributed by atoms with E-state index >= 15 is 0 Å². The smallest absolute Gasteiger partial charge is 0.295 e. The molecule has 0 unspecified atom stereocenters. The van der Waals surface area contributed by atoms with Crippen LogP contribution >= 0.6 is 0 Å². The summed E-state index contributed by atoms with van der Waals surface area (Å²) in [5.74, 6) is -0.760. The second-order valence-electron chi connectivity index (χ2n) is 6.48. The third-order valence-electron chi connectivity index (χ3n) is 4.03. The third kappa shape index (κ3) is 4.61. The maximum Gasteiger partial charge on any atom is 0.295 e. The lowest BCUT2D eigenvalue weighted by molar-refractivity contribution is -0.384. The predicted octanol–water partition coefficient (Wildman–Crippen LogP) is 3.02. The van der Waals surface area contributed by atoms with E-state index in [1.807, 2.05) is 0 Å². The number of hydrogen-bond donors (Lipinski definition) is 2. The number of hydrogen-bond acceptors (Lipinski definition) is 6. The van der Waals surface area contributed by atoms with Crippen LogP contribution in [0.5, 0.6) is 0 Å². The van der Waals surface area contributed by atoms with Crippen LogP contribution in [0.2, 0.25) is 0 Å². The zero-order valence-corrected chi connectivity index (χ0v) is 15.7. The molecule has 0 aliphatic heterocycles. The van der Waals surface area contributed by atoms with Gasteiger partial charge in [0, 0.05) is 28.9 Å². The normalized spacial score (nSPS) is 10.6. The summed E-state index contributed by atoms with van der Waals surface area (Å²) in [6.07, 6.45) is 2.60. The summed E-state index contributed by atoms with van der Waals surface area (Å²) in [6.45, 7) is 3.58. The molecule has 0 bridgehead atoms. The maximum atomic E-state index is 12.5. The molecule has 0 radical (unpaired) electrons. The number of nitrogens with zero attached hydrogens (tertiary/aromatic N) is 4. The molecule has 0 aliphatic rings. The van der Waals surface area contributed by atoms with Crippen molar-refractivity contribution in [2.45, 2.75) is 13.8 Å². The van der Waals surface area contributed by atoms with Gasteiger partial charge in [0.25, 0.3) is 11.6 Å². The lowest BCUT2D eigenvalue weighted by Crippen LogP contribution is -2.17. The highest BCUT2D eigenvalue weighted by Crippen LogP contribution is 2.24. The molecule has 148 valence electrons. The molecule has 2 amide bonds. The minimum atomic E-state index is -0.583. The highest BCUT2D eigenvalue weighted by molar-refractivity contribution is 6.05. The molecular weight excluding hydrogens is 376 g/mol. The van der Waals surface area contributed by atoms with E-state index in [-0.39, 0.29) is 28.8 Å². The van der Waals surface area contributed by atoms with E-state index < -0.39 is 10.8 Å². The first-order valence-corrected chi connectivity index (χ1v) is 8.71. The van der Waals surface area contributed by atoms with Crippen LogP contribution in [0.1, 0.15) is 24.2 Å². The Morgan fingerprint density at radius 3 is 2.28 bits per heavy atom. The number of benzene rings is 2. The molecule has 2 aromatic carbocycles. The molecule has 0 saturated heterocycles. The van der Waals surface area contributed by atoms with Gasteiger partial charge in [-0.25, -0.2) is 9.67 Å². The van der Waals surface area contributed by atoms with E-state index in [2.05, 4.69) is 20.7 Å². The number of anilines is 2. The molecule has 0 aliphatic carbocycles. The van der Waals surface area contributed by atoms with Crippen LogP contribution in [0, 0.1) is 16.0 Å². The van der Waals surface area contributed by atoms with Gasteiger partial charge >= 0.3 is 0 Å². The van der Waals surface area contributed by atoms with Crippen molar-refractivity contribution in [2.24, 2.45) is 5.92 Å². The van der Waals surface area contributed by atoms with Gasteiger partial charge in [-0.3, -0.25) is 19.7 Å². The van der Waals surface area contributed by atoms with Crippen LogP contribution in [0.4, 0.5) is 17.1 Å². The van der Waals surface area contributed by atoms with Crippen LogP contribution < -0.4 is 10.6 Å². The summed E-state index contributed by atoms with van der Waals surface area (Å²) in [7, 11) is 0. The summed E-state index contributed by atoms with van der Waals surface area (Å²) in [6, 6.07) is 10.7. The highest BCUT2D eigenvalue weighted by atomic mass is 16.6. The quantitative estimate of drug-likeness (QED) is 0.488. The summed E-state index contributed by atoms with van der Waals surface area (Å²) >= 11 is 0. The molecule has 3 aromatic rings. The van der Waals surface area contributed by atoms with Crippen LogP contribution in [0.25, 0.3) is 5.69 Å². The maximum absolute atomic E-state index is 12.5. The van der Waals surface area contributed by atoms with Gasteiger partial charge in [0.1, 0.15) is 18.3 Å². The molecule has 10 nitrogen and oxygen atoms in total. The zero-order chi connectivity index (χ0) is 21.0. The molecule has 0 saturated carbocycles. The molecule has 1 heterocycles. The molecule has 2 N–H and O–H groups in total. The third-order valence-corrected chi connectivity index (χ3v) is 4.03. The number of carbonyl (C=O) groups excluding carboxylic acids is 2. The first kappa shape index (κ1) is 19.7. The SMILES string of the molecule is CC(C)C(=O)Nc1ccc(NC(=O)c2ccc(-n3cncn3)c([N+](=O)[O-])c2)cc1. The number of amides is 2. The Kier molecular flexibility index (Phi) is 5.63. The molecule has 10 heteroatoms. The van der Waals surface area contributed by atoms with E-state index in [9.17, 15) is 19.7 Å². The first-order chi connectivity index (χ1) is 13.8. The topological polar surface area (TPSA) is 132 Å². The van der Waals surface area contributed by atoms with E-state index in [0.29, 0.717) is 11.4 Å². The van der Waals surface area contributed by atoms with Gasteiger partial charge in [-0.15, -0.1) is 0 Å². The van der Waals surface area contributed by atoms with Crippen molar-refractivity contribution < 1.29 is 14.5 Å². The zero-order valence-electron chi connectivity index (χ0n) is 15.7. The predicted molar refractivity (Wildman–Crippen MR) is 106 cm³/mol. The fourth-order valence-corrected chi connectivity index (χ4v) is 2.46. The van der Waals surface area contributed by atoms with Gasteiger partial charge in [-0.1, -0.05) is 13.8 Å². The molecule has 1 aromatic heterocycles. The summed E-state index contributed by atoms with van der Waals surface area (Å²) in [4.78, 5) is 38.8. The van der Waals surface area contributed by atoms with Crippen molar-refractivity contribution in [3.63, 3.8) is 0 Å². The summed E-state index contributed by atoms with van der Waals surface area (Å²) < 4.78 is 1.25. The number of rotatable bonds is 6. The number of nitro groups is 1. The molecule has 3 rings (SSSR count). The standard InChI is InChI=1S/C19H18N6O4/c1-12(2)18(26)22-14-4-6-15(7-5-14)23-19(27)13-3-8-16(17(9-13)25(28)29)24-11-20-10-21-24/h3-12H,1-2H3,(H,22,26)(H,23,27). The van der Waals surface area contributed by atoms with Crippen LogP contribution in [-0.2, 0) is 4.79 Å². The Hall–Kier alpha value is -4.08. The summed E-state index contributed by atoms with van der Waals surface area (Å²) in [5, 5.41) is 20.7. The Bertz CT molecular complexity index is 1050. The van der Waals surface area contributed by atoms with Crippen molar-refractivity contribution in [2.75, 3.05) is 10.6 Å². The van der Waals surface area contributed by atoms with Crippen molar-refractivity contribution in [3.8, 4) is 5.69 Å². The van der Waals surface area contributed by atoms with Gasteiger partial charge in [-0.05, 0) is 36.4 Å². The van der Waals surface area contributed by atoms with Gasteiger partial charge in [0.2, 0.25) is 5.91 Å². The molecule has 0 atom stereocenters. The van der Waals surface area contributed by atoms with Gasteiger partial charge in [0.05, 0.1) is 4.92 Å². The monoisotopic (exact) mass is 394 g/mol. The number of nitro benzene ring substituents is 1. The van der Waals surface area contributed by atoms with Gasteiger partial charge in [0.15, 0.2) is 0 Å². The number of nitrogens with one attached hydrogen (secondary N) is 2. The van der Waals surface area contributed by atoms with E-state index in [4.69, 9.17) is 0 Å². The van der Waals surface area contributed by atoms with Crippen molar-refractivity contribution in [1.29, 1.82) is 0 Å². The van der Waals surface area contributed by atoms with Crippen molar-refractivity contribution >= 4 is 28.9 Å². The van der Waals surface area contributed by atoms with E-state index in [1.165, 1.54) is 35.5 Å². The first-order valence-electron chi connectivity index (χ1n) is 8.71. The van der Waals surface area contributed by atoms with E-state index in [1.54, 1.807) is 38.1 Å². The lowest BCUT2D eigenvalue weighted by Gasteiger charge is -2.10. The average Bonchev–Trinajstić information content (AvgIpc) is 3.23. The molecule has 0 spiro atoms. The summed E-state index contributed by atoms with van der Waals surface area (Å²) in [5.41, 5.74) is 1.15. The molecule has 0 fully saturated rings. The largest absolute Gasteiger partial charge is 0.326 e. The van der Waals surface area contributed by atoms with Gasteiger partial charge < -0.3 is 10.6 Å². The average molecular weight is 394 g/mol. The van der Waals surface area contributed by atoms with Gasteiger partial charge in [-0.2, -0.15) is 5.10 Å². The molecular formula is C19H18N6O4. The van der Waals surface area contributed by atoms with Crippen LogP contribution in [0.15, 0.2) is 55.1 Å². The fourth-order valence-electron chi connectivity index (χ4n) is 2.46. The molecule has 29 heavy (non-hydrogen) atoms. The Labute approximate surface area is 165 Å². The lowest BCUT2D eigenvalue weighted by atomic mass is 10.1. The number of aromatic nitrogens is 3. The van der Waals surface area contributed by atoms with Crippen molar-refractivity contribution in [3.05, 3.63) is 70.8 Å². The Balaban J connectivity index is 1.76. The van der Waals surface area contributed by atoms with E-state index in [0.717, 1.165) is 0 Å². The number of carbonyl (C=O) groups is 2. The van der Waals surface area contributed by atoms with Crippen molar-refractivity contribution in [1.82, 2.24) is 14.8 Å². The minimum absolute atomic E-state index is 0.110. The minimum Gasteiger partial charge on any atom is -0.326 e. The highest BCUT2D eigenvalue weighted by Gasteiger charge is 2.19. The van der Waals surface area contributed by atoms with Crippen LogP contribution in [0.3, 0.4) is 0 Å². The fraction of sp³-hybridized carbons (Fsp3) is 0.158. The van der Waals surface area contributed by atoms with Crippen LogP contribution in [-0.4, -0.2) is 31.5 Å². The Morgan fingerprint density at radius 2 is 1.72 bits per heavy atom.